The van der Waals surface area contributed by atoms with Crippen molar-refractivity contribution in [2.75, 3.05) is 6.73 Å². The van der Waals surface area contributed by atoms with Crippen molar-refractivity contribution in [2.45, 2.75) is 6.04 Å². The predicted molar refractivity (Wildman–Crippen MR) is 47.0 cm³/mol. The van der Waals surface area contributed by atoms with Crippen molar-refractivity contribution >= 4 is 5.97 Å². The monoisotopic (exact) mass is 181 g/mol. The van der Waals surface area contributed by atoms with E-state index in [0.717, 1.165) is 0 Å². The predicted octanol–water partition coefficient (Wildman–Crippen LogP) is 0.352. The van der Waals surface area contributed by atoms with Crippen molar-refractivity contribution in [1.82, 2.24) is 5.32 Å². The van der Waals surface area contributed by atoms with Crippen LogP contribution in [0.25, 0.3) is 0 Å². The molecule has 0 aliphatic heterocycles. The number of hydrogen-bond donors (Lipinski definition) is 3. The lowest BCUT2D eigenvalue weighted by Crippen LogP contribution is -2.28. The Morgan fingerprint density at radius 1 is 1.38 bits per heavy atom. The molecular weight excluding hydrogens is 170 g/mol. The van der Waals surface area contributed by atoms with E-state index >= 15 is 0 Å². The van der Waals surface area contributed by atoms with Gasteiger partial charge in [0.1, 0.15) is 6.04 Å². The Labute approximate surface area is 75.8 Å². The van der Waals surface area contributed by atoms with Crippen molar-refractivity contribution < 1.29 is 15.0 Å². The topological polar surface area (TPSA) is 69.6 Å². The molecule has 70 valence electrons. The van der Waals surface area contributed by atoms with E-state index in [1.807, 2.05) is 0 Å². The molecule has 1 unspecified atom stereocenters. The summed E-state index contributed by atoms with van der Waals surface area (Å²) in [5.41, 5.74) is 0.629. The van der Waals surface area contributed by atoms with E-state index in [4.69, 9.17) is 10.2 Å². The van der Waals surface area contributed by atoms with Gasteiger partial charge in [-0.05, 0) is 5.56 Å². The molecule has 0 fully saturated rings. The molecule has 0 heterocycles. The Balaban J connectivity index is 2.82. The second-order valence-electron chi connectivity index (χ2n) is 2.54. The van der Waals surface area contributed by atoms with Gasteiger partial charge in [0.15, 0.2) is 0 Å². The Kier molecular flexibility index (Phi) is 3.42. The number of aliphatic hydroxyl groups is 1. The highest BCUT2D eigenvalue weighted by molar-refractivity contribution is 5.75. The molecule has 0 aromatic heterocycles. The molecule has 4 heteroatoms. The number of rotatable bonds is 4. The van der Waals surface area contributed by atoms with Gasteiger partial charge < -0.3 is 10.2 Å². The zero-order valence-electron chi connectivity index (χ0n) is 6.97. The van der Waals surface area contributed by atoms with Gasteiger partial charge in [0, 0.05) is 0 Å². The maximum absolute atomic E-state index is 10.7. The minimum absolute atomic E-state index is 0.355. The van der Waals surface area contributed by atoms with E-state index in [-0.39, 0.29) is 6.73 Å². The quantitative estimate of drug-likeness (QED) is 0.586. The molecule has 0 aliphatic carbocycles. The van der Waals surface area contributed by atoms with Crippen LogP contribution >= 0.6 is 0 Å². The van der Waals surface area contributed by atoms with Gasteiger partial charge in [0.25, 0.3) is 0 Å². The fraction of sp³-hybridized carbons (Fsp3) is 0.222. The van der Waals surface area contributed by atoms with Crippen LogP contribution in [0.4, 0.5) is 0 Å². The van der Waals surface area contributed by atoms with Gasteiger partial charge in [-0.25, -0.2) is 0 Å². The van der Waals surface area contributed by atoms with E-state index in [1.165, 1.54) is 0 Å². The van der Waals surface area contributed by atoms with Crippen LogP contribution in [-0.2, 0) is 4.79 Å². The number of aliphatic carboxylic acids is 1. The van der Waals surface area contributed by atoms with Gasteiger partial charge in [-0.15, -0.1) is 0 Å². The van der Waals surface area contributed by atoms with Crippen LogP contribution in [0.1, 0.15) is 11.6 Å². The number of nitrogens with one attached hydrogen (secondary N) is 1. The SMILES string of the molecule is O=C(O)C(NCO)c1ccccc1. The molecule has 1 rings (SSSR count). The van der Waals surface area contributed by atoms with Crippen molar-refractivity contribution in [2.24, 2.45) is 0 Å². The lowest BCUT2D eigenvalue weighted by atomic mass is 10.1. The second-order valence-corrected chi connectivity index (χ2v) is 2.54. The molecule has 13 heavy (non-hydrogen) atoms. The van der Waals surface area contributed by atoms with Gasteiger partial charge >= 0.3 is 5.97 Å². The summed E-state index contributed by atoms with van der Waals surface area (Å²) in [4.78, 5) is 10.7. The first-order valence-corrected chi connectivity index (χ1v) is 3.87. The summed E-state index contributed by atoms with van der Waals surface area (Å²) in [5.74, 6) is -1.000. The zero-order valence-corrected chi connectivity index (χ0v) is 6.97. The Hall–Kier alpha value is -1.39. The number of benzene rings is 1. The first-order chi connectivity index (χ1) is 6.25. The third-order valence-electron chi connectivity index (χ3n) is 1.68. The molecule has 0 spiro atoms. The van der Waals surface area contributed by atoms with Gasteiger partial charge in [0.2, 0.25) is 0 Å². The summed E-state index contributed by atoms with van der Waals surface area (Å²) in [5, 5.41) is 19.8. The minimum Gasteiger partial charge on any atom is -0.480 e. The highest BCUT2D eigenvalue weighted by Crippen LogP contribution is 2.11. The third kappa shape index (κ3) is 2.54. The first-order valence-electron chi connectivity index (χ1n) is 3.87. The van der Waals surface area contributed by atoms with Crippen LogP contribution in [0.2, 0.25) is 0 Å². The molecule has 0 aliphatic rings. The standard InChI is InChI=1S/C9H11NO3/c11-6-10-8(9(12)13)7-4-2-1-3-5-7/h1-5,8,10-11H,6H2,(H,12,13). The van der Waals surface area contributed by atoms with Crippen molar-refractivity contribution in [3.8, 4) is 0 Å². The van der Waals surface area contributed by atoms with Gasteiger partial charge in [-0.1, -0.05) is 30.3 Å². The molecule has 0 saturated heterocycles. The molecular formula is C9H11NO3. The highest BCUT2D eigenvalue weighted by atomic mass is 16.4. The summed E-state index contributed by atoms with van der Waals surface area (Å²) >= 11 is 0. The number of carbonyl (C=O) groups is 1. The average molecular weight is 181 g/mol. The van der Waals surface area contributed by atoms with Crippen LogP contribution in [0.3, 0.4) is 0 Å². The summed E-state index contributed by atoms with van der Waals surface area (Å²) in [6, 6.07) is 7.87. The maximum Gasteiger partial charge on any atom is 0.325 e. The lowest BCUT2D eigenvalue weighted by molar-refractivity contribution is -0.140. The molecule has 0 amide bonds. The summed E-state index contributed by atoms with van der Waals surface area (Å²) < 4.78 is 0. The fourth-order valence-electron chi connectivity index (χ4n) is 1.08. The Morgan fingerprint density at radius 2 is 2.00 bits per heavy atom. The van der Waals surface area contributed by atoms with Gasteiger partial charge in [0.05, 0.1) is 6.73 Å². The van der Waals surface area contributed by atoms with E-state index < -0.39 is 12.0 Å². The summed E-state index contributed by atoms with van der Waals surface area (Å²) in [7, 11) is 0. The lowest BCUT2D eigenvalue weighted by Gasteiger charge is -2.12. The molecule has 0 radical (unpaired) electrons. The van der Waals surface area contributed by atoms with Crippen molar-refractivity contribution in [3.05, 3.63) is 35.9 Å². The number of aliphatic hydroxyl groups excluding tert-OH is 1. The van der Waals surface area contributed by atoms with Crippen LogP contribution in [0, 0.1) is 0 Å². The van der Waals surface area contributed by atoms with Gasteiger partial charge in [-0.2, -0.15) is 0 Å². The van der Waals surface area contributed by atoms with Crippen molar-refractivity contribution in [3.63, 3.8) is 0 Å². The molecule has 0 bridgehead atoms. The molecule has 0 saturated carbocycles. The number of carboxylic acids is 1. The van der Waals surface area contributed by atoms with E-state index in [9.17, 15) is 4.79 Å². The highest BCUT2D eigenvalue weighted by Gasteiger charge is 2.17. The molecule has 1 aromatic carbocycles. The fourth-order valence-corrected chi connectivity index (χ4v) is 1.08. The van der Waals surface area contributed by atoms with E-state index in [2.05, 4.69) is 5.32 Å². The first kappa shape index (κ1) is 9.70. The van der Waals surface area contributed by atoms with E-state index in [0.29, 0.717) is 5.56 Å². The maximum atomic E-state index is 10.7. The van der Waals surface area contributed by atoms with Crippen LogP contribution in [0.5, 0.6) is 0 Å². The molecule has 4 nitrogen and oxygen atoms in total. The summed E-state index contributed by atoms with van der Waals surface area (Å²) in [6.07, 6.45) is 0. The normalized spacial score (nSPS) is 12.4. The number of carboxylic acid groups (broad SMARTS) is 1. The van der Waals surface area contributed by atoms with Crippen LogP contribution in [0.15, 0.2) is 30.3 Å². The minimum atomic E-state index is -1.000. The Bertz CT molecular complexity index is 273. The largest absolute Gasteiger partial charge is 0.480 e. The third-order valence-corrected chi connectivity index (χ3v) is 1.68. The number of hydrogen-bond acceptors (Lipinski definition) is 3. The van der Waals surface area contributed by atoms with Crippen molar-refractivity contribution in [1.29, 1.82) is 0 Å². The van der Waals surface area contributed by atoms with Gasteiger partial charge in [-0.3, -0.25) is 10.1 Å². The second kappa shape index (κ2) is 4.59. The molecule has 1 atom stereocenters. The summed E-state index contributed by atoms with van der Waals surface area (Å²) in [6.45, 7) is -0.355. The zero-order chi connectivity index (χ0) is 9.68. The van der Waals surface area contributed by atoms with Crippen LogP contribution in [-0.4, -0.2) is 22.9 Å². The molecule has 1 aromatic rings. The van der Waals surface area contributed by atoms with Crippen LogP contribution < -0.4 is 5.32 Å². The Morgan fingerprint density at radius 3 is 2.46 bits per heavy atom. The average Bonchev–Trinajstić information content (AvgIpc) is 2.15. The van der Waals surface area contributed by atoms with E-state index in [1.54, 1.807) is 30.3 Å². The smallest absolute Gasteiger partial charge is 0.325 e. The molecule has 3 N–H and O–H groups in total.